The van der Waals surface area contributed by atoms with Crippen LogP contribution in [-0.2, 0) is 6.54 Å². The third-order valence-corrected chi connectivity index (χ3v) is 4.58. The fourth-order valence-corrected chi connectivity index (χ4v) is 3.23. The smallest absolute Gasteiger partial charge is 0.231 e. The molecule has 0 saturated carbocycles. The first-order valence-electron chi connectivity index (χ1n) is 8.33. The fourth-order valence-electron chi connectivity index (χ4n) is 3.23. The Morgan fingerprint density at radius 2 is 1.75 bits per heavy atom. The van der Waals surface area contributed by atoms with Crippen LogP contribution in [0.2, 0.25) is 0 Å². The van der Waals surface area contributed by atoms with Crippen LogP contribution in [0.1, 0.15) is 5.56 Å². The second-order valence-electron chi connectivity index (χ2n) is 6.13. The molecule has 2 aliphatic rings. The second-order valence-corrected chi connectivity index (χ2v) is 6.13. The summed E-state index contributed by atoms with van der Waals surface area (Å²) >= 11 is 0. The summed E-state index contributed by atoms with van der Waals surface area (Å²) in [6.07, 6.45) is 0. The normalized spacial score (nSPS) is 17.0. The van der Waals surface area contributed by atoms with Crippen molar-refractivity contribution in [2.45, 2.75) is 6.54 Å². The third-order valence-electron chi connectivity index (χ3n) is 4.58. The zero-order valence-corrected chi connectivity index (χ0v) is 13.9. The number of nitrogens with zero attached hydrogens (tertiary/aromatic N) is 1. The molecule has 2 aromatic carbocycles. The lowest BCUT2D eigenvalue weighted by Gasteiger charge is -2.27. The van der Waals surface area contributed by atoms with Crippen molar-refractivity contribution >= 4 is 0 Å². The molecule has 5 heteroatoms. The fraction of sp³-hybridized carbons (Fsp3) is 0.368. The minimum Gasteiger partial charge on any atom is -0.496 e. The summed E-state index contributed by atoms with van der Waals surface area (Å²) in [5.74, 6) is 2.32. The van der Waals surface area contributed by atoms with E-state index in [4.69, 9.17) is 14.2 Å². The van der Waals surface area contributed by atoms with Gasteiger partial charge in [-0.2, -0.15) is 0 Å². The Kier molecular flexibility index (Phi) is 4.28. The molecule has 0 unspecified atom stereocenters. The number of fused-ring (bicyclic) bond motifs is 1. The molecule has 126 valence electrons. The first-order chi connectivity index (χ1) is 11.8. The average molecular weight is 326 g/mol. The zero-order chi connectivity index (χ0) is 16.4. The van der Waals surface area contributed by atoms with Crippen molar-refractivity contribution in [1.29, 1.82) is 0 Å². The van der Waals surface area contributed by atoms with E-state index in [9.17, 15) is 0 Å². The van der Waals surface area contributed by atoms with E-state index in [0.717, 1.165) is 61.1 Å². The minimum absolute atomic E-state index is 0.269. The van der Waals surface area contributed by atoms with E-state index in [-0.39, 0.29) is 6.79 Å². The molecule has 1 saturated heterocycles. The van der Waals surface area contributed by atoms with Crippen LogP contribution in [0.3, 0.4) is 0 Å². The Hall–Kier alpha value is -2.24. The summed E-state index contributed by atoms with van der Waals surface area (Å²) in [5.41, 5.74) is 3.48. The van der Waals surface area contributed by atoms with E-state index in [1.807, 2.05) is 12.1 Å². The van der Waals surface area contributed by atoms with Gasteiger partial charge in [-0.15, -0.1) is 0 Å². The number of hydrogen-bond donors (Lipinski definition) is 1. The van der Waals surface area contributed by atoms with Gasteiger partial charge in [-0.05, 0) is 17.2 Å². The van der Waals surface area contributed by atoms with Crippen LogP contribution >= 0.6 is 0 Å². The molecule has 0 aromatic heterocycles. The number of ether oxygens (including phenoxy) is 3. The van der Waals surface area contributed by atoms with Gasteiger partial charge in [-0.25, -0.2) is 0 Å². The standard InChI is InChI=1S/C19H22N2O3/c1-22-17-11-19-18(23-13-24-19)10-16(17)15-4-2-14(3-5-15)12-21-8-6-20-7-9-21/h2-5,10-11,20H,6-9,12-13H2,1H3. The summed E-state index contributed by atoms with van der Waals surface area (Å²) in [6.45, 7) is 5.64. The van der Waals surface area contributed by atoms with Crippen molar-refractivity contribution < 1.29 is 14.2 Å². The van der Waals surface area contributed by atoms with Crippen molar-refractivity contribution in [2.75, 3.05) is 40.1 Å². The number of hydrogen-bond acceptors (Lipinski definition) is 5. The molecule has 2 heterocycles. The lowest BCUT2D eigenvalue weighted by atomic mass is 10.0. The Morgan fingerprint density at radius 3 is 2.46 bits per heavy atom. The topological polar surface area (TPSA) is 43.0 Å². The van der Waals surface area contributed by atoms with Gasteiger partial charge in [0.1, 0.15) is 5.75 Å². The van der Waals surface area contributed by atoms with E-state index in [0.29, 0.717) is 0 Å². The van der Waals surface area contributed by atoms with Gasteiger partial charge < -0.3 is 19.5 Å². The summed E-state index contributed by atoms with van der Waals surface area (Å²) in [4.78, 5) is 2.48. The Morgan fingerprint density at radius 1 is 1.04 bits per heavy atom. The van der Waals surface area contributed by atoms with Crippen LogP contribution < -0.4 is 19.5 Å². The van der Waals surface area contributed by atoms with E-state index >= 15 is 0 Å². The van der Waals surface area contributed by atoms with Crippen molar-refractivity contribution in [3.63, 3.8) is 0 Å². The molecule has 0 spiro atoms. The summed E-state index contributed by atoms with van der Waals surface area (Å²) < 4.78 is 16.4. The molecule has 4 rings (SSSR count). The molecule has 0 aliphatic carbocycles. The molecule has 0 radical (unpaired) electrons. The minimum atomic E-state index is 0.269. The molecule has 0 bridgehead atoms. The Balaban J connectivity index is 1.56. The van der Waals surface area contributed by atoms with Gasteiger partial charge in [0.05, 0.1) is 7.11 Å². The summed E-state index contributed by atoms with van der Waals surface area (Å²) in [5, 5.41) is 3.39. The van der Waals surface area contributed by atoms with Crippen molar-refractivity contribution in [1.82, 2.24) is 10.2 Å². The van der Waals surface area contributed by atoms with Crippen LogP contribution in [0, 0.1) is 0 Å². The maximum absolute atomic E-state index is 5.53. The molecular weight excluding hydrogens is 304 g/mol. The Labute approximate surface area is 142 Å². The van der Waals surface area contributed by atoms with Gasteiger partial charge in [0, 0.05) is 44.4 Å². The summed E-state index contributed by atoms with van der Waals surface area (Å²) in [6, 6.07) is 12.6. The number of piperazine rings is 1. The SMILES string of the molecule is COc1cc2c(cc1-c1ccc(CN3CCNCC3)cc1)OCO2. The number of methoxy groups -OCH3 is 1. The average Bonchev–Trinajstić information content (AvgIpc) is 3.09. The highest BCUT2D eigenvalue weighted by molar-refractivity contribution is 5.74. The monoisotopic (exact) mass is 326 g/mol. The van der Waals surface area contributed by atoms with Crippen molar-refractivity contribution in [2.24, 2.45) is 0 Å². The van der Waals surface area contributed by atoms with Gasteiger partial charge in [0.2, 0.25) is 6.79 Å². The van der Waals surface area contributed by atoms with Gasteiger partial charge >= 0.3 is 0 Å². The number of nitrogens with one attached hydrogen (secondary N) is 1. The molecule has 1 fully saturated rings. The first-order valence-corrected chi connectivity index (χ1v) is 8.33. The van der Waals surface area contributed by atoms with Gasteiger partial charge in [0.15, 0.2) is 11.5 Å². The highest BCUT2D eigenvalue weighted by Gasteiger charge is 2.18. The van der Waals surface area contributed by atoms with Crippen LogP contribution in [0.4, 0.5) is 0 Å². The van der Waals surface area contributed by atoms with E-state index in [1.54, 1.807) is 7.11 Å². The van der Waals surface area contributed by atoms with Crippen LogP contribution in [0.5, 0.6) is 17.2 Å². The third kappa shape index (κ3) is 3.05. The highest BCUT2D eigenvalue weighted by Crippen LogP contribution is 2.42. The molecule has 0 amide bonds. The zero-order valence-electron chi connectivity index (χ0n) is 13.9. The molecule has 2 aliphatic heterocycles. The molecule has 0 atom stereocenters. The van der Waals surface area contributed by atoms with E-state index in [2.05, 4.69) is 34.5 Å². The molecule has 5 nitrogen and oxygen atoms in total. The van der Waals surface area contributed by atoms with Crippen molar-refractivity contribution in [3.8, 4) is 28.4 Å². The lowest BCUT2D eigenvalue weighted by Crippen LogP contribution is -2.42. The van der Waals surface area contributed by atoms with Gasteiger partial charge in [-0.1, -0.05) is 24.3 Å². The maximum Gasteiger partial charge on any atom is 0.231 e. The lowest BCUT2D eigenvalue weighted by molar-refractivity contribution is 0.174. The Bertz CT molecular complexity index is 709. The number of rotatable bonds is 4. The quantitative estimate of drug-likeness (QED) is 0.935. The van der Waals surface area contributed by atoms with E-state index < -0.39 is 0 Å². The largest absolute Gasteiger partial charge is 0.496 e. The maximum atomic E-state index is 5.53. The first kappa shape index (κ1) is 15.3. The predicted molar refractivity (Wildman–Crippen MR) is 92.7 cm³/mol. The van der Waals surface area contributed by atoms with Gasteiger partial charge in [-0.3, -0.25) is 4.90 Å². The van der Waals surface area contributed by atoms with Crippen LogP contribution in [0.25, 0.3) is 11.1 Å². The summed E-state index contributed by atoms with van der Waals surface area (Å²) in [7, 11) is 1.68. The molecule has 1 N–H and O–H groups in total. The van der Waals surface area contributed by atoms with Crippen LogP contribution in [0.15, 0.2) is 36.4 Å². The highest BCUT2D eigenvalue weighted by atomic mass is 16.7. The predicted octanol–water partition coefficient (Wildman–Crippen LogP) is 2.50. The molecule has 2 aromatic rings. The van der Waals surface area contributed by atoms with Crippen molar-refractivity contribution in [3.05, 3.63) is 42.0 Å². The molecule has 24 heavy (non-hydrogen) atoms. The number of benzene rings is 2. The van der Waals surface area contributed by atoms with Gasteiger partial charge in [0.25, 0.3) is 0 Å². The second kappa shape index (κ2) is 6.71. The molecular formula is C19H22N2O3. The van der Waals surface area contributed by atoms with E-state index in [1.165, 1.54) is 5.56 Å². The van der Waals surface area contributed by atoms with Crippen LogP contribution in [-0.4, -0.2) is 45.0 Å².